The minimum absolute atomic E-state index is 0. The number of rotatable bonds is 10. The molecule has 3 nitrogen and oxygen atoms in total. The summed E-state index contributed by atoms with van der Waals surface area (Å²) in [6.07, 6.45) is 10.5. The first-order valence-corrected chi connectivity index (χ1v) is 7.53. The molecule has 0 aromatic heterocycles. The van der Waals surface area contributed by atoms with Crippen molar-refractivity contribution in [2.75, 3.05) is 14.1 Å². The zero-order valence-corrected chi connectivity index (χ0v) is 15.5. The van der Waals surface area contributed by atoms with E-state index in [0.717, 1.165) is 18.4 Å². The maximum Gasteiger partial charge on any atom is 0.334 e. The van der Waals surface area contributed by atoms with Crippen LogP contribution in [0.5, 0.6) is 0 Å². The summed E-state index contributed by atoms with van der Waals surface area (Å²) in [6.45, 7) is 5.94. The highest BCUT2D eigenvalue weighted by Gasteiger charge is 2.12. The van der Waals surface area contributed by atoms with E-state index < -0.39 is 0 Å². The van der Waals surface area contributed by atoms with Gasteiger partial charge in [0.05, 0.1) is 0 Å². The summed E-state index contributed by atoms with van der Waals surface area (Å²) >= 11 is 0. The van der Waals surface area contributed by atoms with Crippen molar-refractivity contribution in [1.29, 1.82) is 0 Å². The van der Waals surface area contributed by atoms with E-state index in [-0.39, 0.29) is 29.2 Å². The van der Waals surface area contributed by atoms with Crippen molar-refractivity contribution in [1.82, 2.24) is 4.90 Å². The van der Waals surface area contributed by atoms with Crippen LogP contribution < -0.4 is 0 Å². The maximum absolute atomic E-state index is 11.7. The zero-order chi connectivity index (χ0) is 14.7. The van der Waals surface area contributed by atoms with Crippen molar-refractivity contribution in [2.24, 2.45) is 0 Å². The lowest BCUT2D eigenvalue weighted by molar-refractivity contribution is -0.150. The summed E-state index contributed by atoms with van der Waals surface area (Å²) in [4.78, 5) is 13.6. The third-order valence-electron chi connectivity index (χ3n) is 3.33. The number of nitrogens with zero attached hydrogens (tertiary/aromatic N) is 1. The van der Waals surface area contributed by atoms with Crippen LogP contribution in [0.4, 0.5) is 0 Å². The molecule has 0 aliphatic rings. The van der Waals surface area contributed by atoms with Crippen LogP contribution >= 0.6 is 17.0 Å². The van der Waals surface area contributed by atoms with E-state index in [1.54, 1.807) is 0 Å². The van der Waals surface area contributed by atoms with Crippen LogP contribution in [0.2, 0.25) is 0 Å². The van der Waals surface area contributed by atoms with Gasteiger partial charge in [-0.1, -0.05) is 45.1 Å². The lowest BCUT2D eigenvalue weighted by atomic mass is 10.1. The van der Waals surface area contributed by atoms with Gasteiger partial charge in [0.15, 0.2) is 6.23 Å². The maximum atomic E-state index is 11.7. The predicted molar refractivity (Wildman–Crippen MR) is 91.3 cm³/mol. The Labute approximate surface area is 135 Å². The number of hydrogen-bond acceptors (Lipinski definition) is 3. The van der Waals surface area contributed by atoms with Crippen LogP contribution in [0, 0.1) is 0 Å². The number of allylic oxidation sites excluding steroid dienone is 1. The van der Waals surface area contributed by atoms with E-state index in [9.17, 15) is 4.79 Å². The molecule has 0 amide bonds. The van der Waals surface area contributed by atoms with Crippen LogP contribution in [0.15, 0.2) is 11.6 Å². The lowest BCUT2D eigenvalue weighted by Gasteiger charge is -2.19. The molecule has 0 fully saturated rings. The molecule has 20 heavy (non-hydrogen) atoms. The molecular weight excluding hydrogens is 318 g/mol. The second-order valence-electron chi connectivity index (χ2n) is 5.41. The molecule has 0 aromatic carbocycles. The number of carbonyl (C=O) groups excluding carboxylic acids is 1. The fourth-order valence-corrected chi connectivity index (χ4v) is 1.68. The molecule has 0 heterocycles. The normalized spacial score (nSPS) is 13.0. The summed E-state index contributed by atoms with van der Waals surface area (Å²) in [5.41, 5.74) is 0.724. The average Bonchev–Trinajstić information content (AvgIpc) is 2.37. The van der Waals surface area contributed by atoms with E-state index in [0.29, 0.717) is 0 Å². The van der Waals surface area contributed by atoms with Gasteiger partial charge in [-0.05, 0) is 40.8 Å². The van der Waals surface area contributed by atoms with Gasteiger partial charge in [-0.2, -0.15) is 0 Å². The number of unbranched alkanes of at least 4 members (excludes halogenated alkanes) is 6. The average molecular weight is 350 g/mol. The van der Waals surface area contributed by atoms with Gasteiger partial charge in [0.25, 0.3) is 0 Å². The molecule has 1 atom stereocenters. The highest BCUT2D eigenvalue weighted by molar-refractivity contribution is 8.93. The van der Waals surface area contributed by atoms with Gasteiger partial charge in [0.1, 0.15) is 0 Å². The van der Waals surface area contributed by atoms with Gasteiger partial charge in [-0.15, -0.1) is 17.0 Å². The summed E-state index contributed by atoms with van der Waals surface area (Å²) in [6, 6.07) is 0. The summed E-state index contributed by atoms with van der Waals surface area (Å²) in [5.74, 6) is -0.202. The summed E-state index contributed by atoms with van der Waals surface area (Å²) in [5, 5.41) is 0. The SMILES string of the molecule is Br.CCCCCCCCC=C(C)C(=O)OC(C)N(C)C. The topological polar surface area (TPSA) is 29.5 Å². The highest BCUT2D eigenvalue weighted by atomic mass is 79.9. The Bertz CT molecular complexity index is 278. The standard InChI is InChI=1S/C16H31NO2.BrH/c1-6-7-8-9-10-11-12-13-14(2)16(18)19-15(3)17(4)5;/h13,15H,6-12H2,1-5H3;1H. The third-order valence-corrected chi connectivity index (χ3v) is 3.33. The Kier molecular flexibility index (Phi) is 14.9. The van der Waals surface area contributed by atoms with Crippen molar-refractivity contribution < 1.29 is 9.53 Å². The molecule has 0 aliphatic carbocycles. The fraction of sp³-hybridized carbons (Fsp3) is 0.812. The Morgan fingerprint density at radius 2 is 1.70 bits per heavy atom. The van der Waals surface area contributed by atoms with Gasteiger partial charge in [0, 0.05) is 5.57 Å². The van der Waals surface area contributed by atoms with E-state index in [4.69, 9.17) is 4.74 Å². The quantitative estimate of drug-likeness (QED) is 0.247. The van der Waals surface area contributed by atoms with Crippen molar-refractivity contribution in [2.45, 2.75) is 71.9 Å². The lowest BCUT2D eigenvalue weighted by Crippen LogP contribution is -2.30. The minimum atomic E-state index is -0.202. The van der Waals surface area contributed by atoms with Crippen molar-refractivity contribution in [3.05, 3.63) is 11.6 Å². The molecule has 0 N–H and O–H groups in total. The summed E-state index contributed by atoms with van der Waals surface area (Å²) in [7, 11) is 3.79. The van der Waals surface area contributed by atoms with E-state index in [2.05, 4.69) is 6.92 Å². The molecule has 0 radical (unpaired) electrons. The van der Waals surface area contributed by atoms with Crippen molar-refractivity contribution in [3.8, 4) is 0 Å². The first kappa shape index (κ1) is 21.9. The smallest absolute Gasteiger partial charge is 0.334 e. The first-order chi connectivity index (χ1) is 8.99. The second-order valence-corrected chi connectivity index (χ2v) is 5.41. The molecule has 0 aromatic rings. The van der Waals surface area contributed by atoms with Gasteiger partial charge < -0.3 is 4.74 Å². The first-order valence-electron chi connectivity index (χ1n) is 7.53. The molecule has 0 bridgehead atoms. The predicted octanol–water partition coefficient (Wildman–Crippen LogP) is 4.71. The second kappa shape index (κ2) is 13.6. The largest absolute Gasteiger partial charge is 0.443 e. The molecule has 0 saturated heterocycles. The van der Waals surface area contributed by atoms with Gasteiger partial charge in [-0.25, -0.2) is 4.79 Å². The van der Waals surface area contributed by atoms with Crippen LogP contribution in [0.1, 0.15) is 65.7 Å². The van der Waals surface area contributed by atoms with E-state index in [1.165, 1.54) is 32.1 Å². The van der Waals surface area contributed by atoms with Crippen LogP contribution in [0.25, 0.3) is 0 Å². The molecule has 1 unspecified atom stereocenters. The number of halogens is 1. The van der Waals surface area contributed by atoms with Crippen LogP contribution in [-0.4, -0.2) is 31.2 Å². The number of carbonyl (C=O) groups is 1. The number of hydrogen-bond donors (Lipinski definition) is 0. The van der Waals surface area contributed by atoms with Gasteiger partial charge >= 0.3 is 5.97 Å². The monoisotopic (exact) mass is 349 g/mol. The van der Waals surface area contributed by atoms with E-state index in [1.807, 2.05) is 38.9 Å². The Hall–Kier alpha value is -0.350. The van der Waals surface area contributed by atoms with Gasteiger partial charge in [-0.3, -0.25) is 4.90 Å². The zero-order valence-electron chi connectivity index (χ0n) is 13.8. The molecular formula is C16H32BrNO2. The highest BCUT2D eigenvalue weighted by Crippen LogP contribution is 2.09. The molecule has 0 rings (SSSR count). The molecule has 0 spiro atoms. The van der Waals surface area contributed by atoms with Crippen LogP contribution in [-0.2, 0) is 9.53 Å². The molecule has 0 aliphatic heterocycles. The van der Waals surface area contributed by atoms with Crippen molar-refractivity contribution in [3.63, 3.8) is 0 Å². The third kappa shape index (κ3) is 11.5. The molecule has 4 heteroatoms. The summed E-state index contributed by atoms with van der Waals surface area (Å²) < 4.78 is 5.30. The number of ether oxygens (including phenoxy) is 1. The van der Waals surface area contributed by atoms with E-state index >= 15 is 0 Å². The van der Waals surface area contributed by atoms with Crippen molar-refractivity contribution >= 4 is 23.0 Å². The fourth-order valence-electron chi connectivity index (χ4n) is 1.68. The number of esters is 1. The Balaban J connectivity index is 0. The molecule has 120 valence electrons. The van der Waals surface area contributed by atoms with Crippen LogP contribution in [0.3, 0.4) is 0 Å². The van der Waals surface area contributed by atoms with Gasteiger partial charge in [0.2, 0.25) is 0 Å². The Morgan fingerprint density at radius 3 is 2.25 bits per heavy atom. The Morgan fingerprint density at radius 1 is 1.15 bits per heavy atom. The molecule has 0 saturated carbocycles. The minimum Gasteiger partial charge on any atom is -0.443 e.